The van der Waals surface area contributed by atoms with Gasteiger partial charge in [0.05, 0.1) is 11.4 Å². The Morgan fingerprint density at radius 1 is 1.44 bits per heavy atom. The maximum absolute atomic E-state index is 11.8. The van der Waals surface area contributed by atoms with Crippen molar-refractivity contribution < 1.29 is 12.6 Å². The van der Waals surface area contributed by atoms with Crippen molar-refractivity contribution in [2.24, 2.45) is 0 Å². The highest BCUT2D eigenvalue weighted by atomic mass is 32.2. The number of H-pyrrole nitrogens is 1. The topological polar surface area (TPSA) is 91.9 Å². The lowest BCUT2D eigenvalue weighted by atomic mass is 10.4. The highest BCUT2D eigenvalue weighted by Gasteiger charge is 2.21. The first kappa shape index (κ1) is 13.3. The zero-order chi connectivity index (χ0) is 12.3. The van der Waals surface area contributed by atoms with E-state index in [0.29, 0.717) is 17.1 Å². The molecule has 92 valence electrons. The first-order chi connectivity index (χ1) is 7.34. The van der Waals surface area contributed by atoms with Crippen molar-refractivity contribution in [2.45, 2.75) is 18.7 Å². The first-order valence-corrected chi connectivity index (χ1v) is 7.87. The van der Waals surface area contributed by atoms with Crippen LogP contribution >= 0.6 is 0 Å². The van der Waals surface area contributed by atoms with Crippen LogP contribution in [0, 0.1) is 13.8 Å². The van der Waals surface area contributed by atoms with Crippen LogP contribution in [0.2, 0.25) is 0 Å². The van der Waals surface area contributed by atoms with E-state index in [1.807, 2.05) is 0 Å². The van der Waals surface area contributed by atoms with Gasteiger partial charge in [-0.05, 0) is 13.8 Å². The number of aromatic amines is 1. The predicted molar refractivity (Wildman–Crippen MR) is 62.2 cm³/mol. The summed E-state index contributed by atoms with van der Waals surface area (Å²) in [6.45, 7) is 3.43. The summed E-state index contributed by atoms with van der Waals surface area (Å²) in [6.07, 6.45) is 1.53. The predicted octanol–water partition coefficient (Wildman–Crippen LogP) is -0.317. The normalized spacial score (nSPS) is 13.9. The third-order valence-corrected chi connectivity index (χ3v) is 4.51. The summed E-state index contributed by atoms with van der Waals surface area (Å²) in [4.78, 5) is 0.175. The van der Waals surface area contributed by atoms with E-state index in [1.165, 1.54) is 6.26 Å². The minimum absolute atomic E-state index is 0.162. The van der Waals surface area contributed by atoms with E-state index < -0.39 is 20.8 Å². The second kappa shape index (κ2) is 5.07. The Kier molecular flexibility index (Phi) is 4.22. The molecule has 0 aliphatic heterocycles. The molecule has 0 saturated heterocycles. The van der Waals surface area contributed by atoms with Gasteiger partial charge in [0.2, 0.25) is 10.0 Å². The van der Waals surface area contributed by atoms with E-state index in [-0.39, 0.29) is 11.4 Å². The van der Waals surface area contributed by atoms with Crippen molar-refractivity contribution >= 4 is 20.8 Å². The Labute approximate surface area is 97.3 Å². The molecule has 6 nitrogen and oxygen atoms in total. The molecular formula is C8H15N3O3S2. The quantitative estimate of drug-likeness (QED) is 0.763. The molecule has 8 heteroatoms. The summed E-state index contributed by atoms with van der Waals surface area (Å²) in [5.74, 6) is 0.301. The van der Waals surface area contributed by atoms with Gasteiger partial charge in [-0.25, -0.2) is 13.1 Å². The molecular weight excluding hydrogens is 250 g/mol. The van der Waals surface area contributed by atoms with Gasteiger partial charge < -0.3 is 0 Å². The SMILES string of the molecule is Cc1n[nH]c(C)c1S(=O)(=O)NCCS(C)=O. The zero-order valence-electron chi connectivity index (χ0n) is 9.40. The number of aromatic nitrogens is 2. The smallest absolute Gasteiger partial charge is 0.244 e. The van der Waals surface area contributed by atoms with Crippen molar-refractivity contribution in [2.75, 3.05) is 18.6 Å². The lowest BCUT2D eigenvalue weighted by Gasteiger charge is -2.05. The highest BCUT2D eigenvalue weighted by Crippen LogP contribution is 2.15. The molecule has 1 heterocycles. The monoisotopic (exact) mass is 265 g/mol. The molecule has 0 amide bonds. The number of hydrogen-bond donors (Lipinski definition) is 2. The van der Waals surface area contributed by atoms with Crippen LogP contribution in [0.25, 0.3) is 0 Å². The highest BCUT2D eigenvalue weighted by molar-refractivity contribution is 7.89. The molecule has 1 atom stereocenters. The molecule has 0 aromatic carbocycles. The molecule has 0 bridgehead atoms. The molecule has 0 radical (unpaired) electrons. The Morgan fingerprint density at radius 2 is 2.06 bits per heavy atom. The number of nitrogens with zero attached hydrogens (tertiary/aromatic N) is 1. The van der Waals surface area contributed by atoms with Gasteiger partial charge in [0.25, 0.3) is 0 Å². The van der Waals surface area contributed by atoms with Gasteiger partial charge in [-0.3, -0.25) is 9.31 Å². The van der Waals surface area contributed by atoms with Gasteiger partial charge in [0.1, 0.15) is 4.90 Å². The van der Waals surface area contributed by atoms with Gasteiger partial charge in [-0.1, -0.05) is 0 Å². The van der Waals surface area contributed by atoms with Crippen molar-refractivity contribution in [3.8, 4) is 0 Å². The van der Waals surface area contributed by atoms with Crippen molar-refractivity contribution in [3.63, 3.8) is 0 Å². The summed E-state index contributed by atoms with van der Waals surface area (Å²) >= 11 is 0. The van der Waals surface area contributed by atoms with E-state index in [4.69, 9.17) is 0 Å². The summed E-state index contributed by atoms with van der Waals surface area (Å²) in [5.41, 5.74) is 0.935. The van der Waals surface area contributed by atoms with Crippen LogP contribution < -0.4 is 4.72 Å². The summed E-state index contributed by atoms with van der Waals surface area (Å²) in [5, 5.41) is 6.43. The summed E-state index contributed by atoms with van der Waals surface area (Å²) in [6, 6.07) is 0. The maximum Gasteiger partial charge on any atom is 0.244 e. The minimum Gasteiger partial charge on any atom is -0.281 e. The number of hydrogen-bond acceptors (Lipinski definition) is 4. The molecule has 2 N–H and O–H groups in total. The van der Waals surface area contributed by atoms with Gasteiger partial charge in [-0.15, -0.1) is 0 Å². The number of sulfonamides is 1. The summed E-state index contributed by atoms with van der Waals surface area (Å²) < 4.78 is 36.9. The number of aryl methyl sites for hydroxylation is 2. The standard InChI is InChI=1S/C8H15N3O3S2/c1-6-8(7(2)11-10-6)16(13,14)9-4-5-15(3)12/h9H,4-5H2,1-3H3,(H,10,11). The average molecular weight is 265 g/mol. The molecule has 1 aromatic rings. The molecule has 0 aliphatic rings. The minimum atomic E-state index is -3.55. The molecule has 0 aliphatic carbocycles. The van der Waals surface area contributed by atoms with E-state index in [2.05, 4.69) is 14.9 Å². The molecule has 1 unspecified atom stereocenters. The Hall–Kier alpha value is -0.730. The molecule has 0 spiro atoms. The van der Waals surface area contributed by atoms with E-state index in [1.54, 1.807) is 13.8 Å². The van der Waals surface area contributed by atoms with E-state index >= 15 is 0 Å². The second-order valence-electron chi connectivity index (χ2n) is 3.44. The number of nitrogens with one attached hydrogen (secondary N) is 2. The van der Waals surface area contributed by atoms with Gasteiger partial charge in [0, 0.05) is 29.4 Å². The number of rotatable bonds is 5. The molecule has 1 aromatic heterocycles. The molecule has 0 fully saturated rings. The van der Waals surface area contributed by atoms with Crippen LogP contribution in [0.5, 0.6) is 0 Å². The van der Waals surface area contributed by atoms with Crippen molar-refractivity contribution in [1.82, 2.24) is 14.9 Å². The van der Waals surface area contributed by atoms with Gasteiger partial charge >= 0.3 is 0 Å². The Morgan fingerprint density at radius 3 is 2.50 bits per heavy atom. The molecule has 16 heavy (non-hydrogen) atoms. The zero-order valence-corrected chi connectivity index (χ0v) is 11.0. The Balaban J connectivity index is 2.83. The van der Waals surface area contributed by atoms with Crippen LogP contribution in [0.3, 0.4) is 0 Å². The summed E-state index contributed by atoms with van der Waals surface area (Å²) in [7, 11) is -4.56. The fourth-order valence-electron chi connectivity index (χ4n) is 1.33. The second-order valence-corrected chi connectivity index (χ2v) is 6.70. The largest absolute Gasteiger partial charge is 0.281 e. The average Bonchev–Trinajstić information content (AvgIpc) is 2.45. The van der Waals surface area contributed by atoms with E-state index in [9.17, 15) is 12.6 Å². The van der Waals surface area contributed by atoms with Gasteiger partial charge in [0.15, 0.2) is 0 Å². The molecule has 1 rings (SSSR count). The fourth-order valence-corrected chi connectivity index (χ4v) is 3.25. The van der Waals surface area contributed by atoms with Crippen molar-refractivity contribution in [1.29, 1.82) is 0 Å². The van der Waals surface area contributed by atoms with Crippen molar-refractivity contribution in [3.05, 3.63) is 11.4 Å². The van der Waals surface area contributed by atoms with Crippen LogP contribution in [0.4, 0.5) is 0 Å². The third-order valence-electron chi connectivity index (χ3n) is 2.01. The van der Waals surface area contributed by atoms with Crippen LogP contribution in [0.15, 0.2) is 4.90 Å². The lowest BCUT2D eigenvalue weighted by molar-refractivity contribution is 0.583. The maximum atomic E-state index is 11.8. The Bertz CT molecular complexity index is 473. The van der Waals surface area contributed by atoms with E-state index in [0.717, 1.165) is 0 Å². The van der Waals surface area contributed by atoms with Gasteiger partial charge in [-0.2, -0.15) is 5.10 Å². The third kappa shape index (κ3) is 3.13. The first-order valence-electron chi connectivity index (χ1n) is 4.66. The van der Waals surface area contributed by atoms with Crippen LogP contribution in [-0.2, 0) is 20.8 Å². The molecule has 0 saturated carbocycles. The fraction of sp³-hybridized carbons (Fsp3) is 0.625. The lowest BCUT2D eigenvalue weighted by Crippen LogP contribution is -2.28. The van der Waals surface area contributed by atoms with Crippen LogP contribution in [0.1, 0.15) is 11.4 Å². The van der Waals surface area contributed by atoms with Crippen LogP contribution in [-0.4, -0.2) is 41.4 Å².